The Labute approximate surface area is 68.6 Å². The van der Waals surface area contributed by atoms with Crippen LogP contribution in [0.25, 0.3) is 0 Å². The molecule has 0 amide bonds. The summed E-state index contributed by atoms with van der Waals surface area (Å²) in [5.41, 5.74) is 0. The topological polar surface area (TPSA) is 23.5 Å². The Hall–Kier alpha value is 0.210. The number of hydrogen-bond donors (Lipinski definition) is 1. The summed E-state index contributed by atoms with van der Waals surface area (Å²) >= 11 is 0. The van der Waals surface area contributed by atoms with Crippen LogP contribution in [0.1, 0.15) is 19.3 Å². The number of aliphatic hydroxyl groups is 1. The van der Waals surface area contributed by atoms with E-state index in [1.54, 1.807) is 0 Å². The van der Waals surface area contributed by atoms with Gasteiger partial charge in [-0.3, -0.25) is 0 Å². The van der Waals surface area contributed by atoms with Crippen LogP contribution in [-0.2, 0) is 0 Å². The van der Waals surface area contributed by atoms with Crippen molar-refractivity contribution < 1.29 is 5.11 Å². The van der Waals surface area contributed by atoms with Gasteiger partial charge in [-0.15, -0.1) is 12.4 Å². The molecule has 0 aromatic heterocycles. The van der Waals surface area contributed by atoms with Gasteiger partial charge < -0.3 is 10.0 Å². The van der Waals surface area contributed by atoms with Crippen molar-refractivity contribution in [2.45, 2.75) is 25.3 Å². The SMILES string of the molecule is CN1CCCCC1CO.Cl. The zero-order chi connectivity index (χ0) is 6.69. The van der Waals surface area contributed by atoms with Gasteiger partial charge in [0.1, 0.15) is 0 Å². The second kappa shape index (κ2) is 4.94. The average molecular weight is 166 g/mol. The van der Waals surface area contributed by atoms with Gasteiger partial charge >= 0.3 is 0 Å². The van der Waals surface area contributed by atoms with Crippen molar-refractivity contribution in [2.75, 3.05) is 20.2 Å². The van der Waals surface area contributed by atoms with Crippen molar-refractivity contribution in [1.29, 1.82) is 0 Å². The van der Waals surface area contributed by atoms with Crippen LogP contribution < -0.4 is 0 Å². The first-order valence-corrected chi connectivity index (χ1v) is 3.65. The third-order valence-corrected chi connectivity index (χ3v) is 2.13. The van der Waals surface area contributed by atoms with E-state index in [2.05, 4.69) is 11.9 Å². The molecule has 0 aromatic carbocycles. The van der Waals surface area contributed by atoms with Crippen LogP contribution >= 0.6 is 12.4 Å². The van der Waals surface area contributed by atoms with Gasteiger partial charge in [0.25, 0.3) is 0 Å². The van der Waals surface area contributed by atoms with Gasteiger partial charge in [0, 0.05) is 6.04 Å². The van der Waals surface area contributed by atoms with Crippen molar-refractivity contribution in [3.05, 3.63) is 0 Å². The lowest BCUT2D eigenvalue weighted by Crippen LogP contribution is -2.38. The molecule has 0 saturated carbocycles. The van der Waals surface area contributed by atoms with Crippen molar-refractivity contribution in [3.8, 4) is 0 Å². The van der Waals surface area contributed by atoms with Crippen LogP contribution in [0.2, 0.25) is 0 Å². The third-order valence-electron chi connectivity index (χ3n) is 2.13. The van der Waals surface area contributed by atoms with E-state index in [1.807, 2.05) is 0 Å². The molecule has 3 heteroatoms. The Bertz CT molecular complexity index is 89.7. The Balaban J connectivity index is 0.000000810. The number of aliphatic hydroxyl groups excluding tert-OH is 1. The Kier molecular flexibility index (Phi) is 5.04. The normalized spacial score (nSPS) is 27.6. The third kappa shape index (κ3) is 2.45. The van der Waals surface area contributed by atoms with E-state index in [0.717, 1.165) is 6.54 Å². The molecular weight excluding hydrogens is 150 g/mol. The molecule has 0 aromatic rings. The maximum Gasteiger partial charge on any atom is 0.0586 e. The molecule has 0 bridgehead atoms. The maximum atomic E-state index is 8.82. The molecule has 0 aliphatic carbocycles. The standard InChI is InChI=1S/C7H15NO.ClH/c1-8-5-3-2-4-7(8)6-9;/h7,9H,2-6H2,1H3;1H. The monoisotopic (exact) mass is 165 g/mol. The molecule has 1 saturated heterocycles. The highest BCUT2D eigenvalue weighted by Gasteiger charge is 2.16. The van der Waals surface area contributed by atoms with E-state index in [4.69, 9.17) is 5.11 Å². The van der Waals surface area contributed by atoms with E-state index in [0.29, 0.717) is 12.6 Å². The molecule has 1 fully saturated rings. The zero-order valence-electron chi connectivity index (χ0n) is 6.42. The molecule has 10 heavy (non-hydrogen) atoms. The van der Waals surface area contributed by atoms with Crippen LogP contribution in [-0.4, -0.2) is 36.2 Å². The van der Waals surface area contributed by atoms with Crippen LogP contribution in [0.3, 0.4) is 0 Å². The first kappa shape index (κ1) is 10.2. The molecule has 1 rings (SSSR count). The maximum absolute atomic E-state index is 8.82. The number of piperidine rings is 1. The minimum Gasteiger partial charge on any atom is -0.395 e. The van der Waals surface area contributed by atoms with Crippen molar-refractivity contribution in [2.24, 2.45) is 0 Å². The number of nitrogens with zero attached hydrogens (tertiary/aromatic N) is 1. The quantitative estimate of drug-likeness (QED) is 0.624. The van der Waals surface area contributed by atoms with Gasteiger partial charge in [0.2, 0.25) is 0 Å². The number of hydrogen-bond acceptors (Lipinski definition) is 2. The van der Waals surface area contributed by atoms with E-state index >= 15 is 0 Å². The second-order valence-corrected chi connectivity index (χ2v) is 2.81. The molecule has 62 valence electrons. The summed E-state index contributed by atoms with van der Waals surface area (Å²) in [6.07, 6.45) is 3.76. The van der Waals surface area contributed by atoms with Gasteiger partial charge in [0.15, 0.2) is 0 Å². The number of likely N-dealkylation sites (tertiary alicyclic amines) is 1. The van der Waals surface area contributed by atoms with Gasteiger partial charge in [-0.05, 0) is 26.4 Å². The van der Waals surface area contributed by atoms with Crippen LogP contribution in [0.4, 0.5) is 0 Å². The first-order valence-electron chi connectivity index (χ1n) is 3.65. The summed E-state index contributed by atoms with van der Waals surface area (Å²) in [4.78, 5) is 2.24. The zero-order valence-corrected chi connectivity index (χ0v) is 7.23. The second-order valence-electron chi connectivity index (χ2n) is 2.81. The number of rotatable bonds is 1. The fraction of sp³-hybridized carbons (Fsp3) is 1.00. The smallest absolute Gasteiger partial charge is 0.0586 e. The Morgan fingerprint density at radius 1 is 1.50 bits per heavy atom. The molecule has 1 heterocycles. The van der Waals surface area contributed by atoms with Gasteiger partial charge in [-0.25, -0.2) is 0 Å². The van der Waals surface area contributed by atoms with Crippen molar-refractivity contribution in [3.63, 3.8) is 0 Å². The lowest BCUT2D eigenvalue weighted by molar-refractivity contribution is 0.114. The van der Waals surface area contributed by atoms with Crippen LogP contribution in [0.15, 0.2) is 0 Å². The van der Waals surface area contributed by atoms with Crippen molar-refractivity contribution >= 4 is 12.4 Å². The predicted octanol–water partition coefficient (Wildman–Crippen LogP) is 0.885. The first-order chi connectivity index (χ1) is 4.34. The lowest BCUT2D eigenvalue weighted by Gasteiger charge is -2.30. The summed E-state index contributed by atoms with van der Waals surface area (Å²) in [7, 11) is 2.08. The Morgan fingerprint density at radius 3 is 2.60 bits per heavy atom. The highest BCUT2D eigenvalue weighted by Crippen LogP contribution is 2.13. The fourth-order valence-electron chi connectivity index (χ4n) is 1.37. The minimum atomic E-state index is 0. The highest BCUT2D eigenvalue weighted by molar-refractivity contribution is 5.85. The largest absolute Gasteiger partial charge is 0.395 e. The van der Waals surface area contributed by atoms with E-state index < -0.39 is 0 Å². The number of halogens is 1. The summed E-state index contributed by atoms with van der Waals surface area (Å²) in [5.74, 6) is 0. The summed E-state index contributed by atoms with van der Waals surface area (Å²) in [5, 5.41) is 8.82. The molecule has 1 aliphatic heterocycles. The molecule has 2 nitrogen and oxygen atoms in total. The van der Waals surface area contributed by atoms with Crippen LogP contribution in [0.5, 0.6) is 0 Å². The fourth-order valence-corrected chi connectivity index (χ4v) is 1.37. The lowest BCUT2D eigenvalue weighted by atomic mass is 10.0. The summed E-state index contributed by atoms with van der Waals surface area (Å²) < 4.78 is 0. The minimum absolute atomic E-state index is 0. The van der Waals surface area contributed by atoms with Crippen LogP contribution in [0, 0.1) is 0 Å². The molecule has 0 radical (unpaired) electrons. The van der Waals surface area contributed by atoms with E-state index in [1.165, 1.54) is 19.3 Å². The van der Waals surface area contributed by atoms with Gasteiger partial charge in [-0.1, -0.05) is 6.42 Å². The molecule has 1 aliphatic rings. The Morgan fingerprint density at radius 2 is 2.20 bits per heavy atom. The molecule has 1 N–H and O–H groups in total. The van der Waals surface area contributed by atoms with E-state index in [9.17, 15) is 0 Å². The van der Waals surface area contributed by atoms with Crippen molar-refractivity contribution in [1.82, 2.24) is 4.90 Å². The molecule has 1 unspecified atom stereocenters. The molecular formula is C7H16ClNO. The number of likely N-dealkylation sites (N-methyl/N-ethyl adjacent to an activating group) is 1. The molecule has 1 atom stereocenters. The molecule has 0 spiro atoms. The summed E-state index contributed by atoms with van der Waals surface area (Å²) in [6.45, 7) is 1.49. The van der Waals surface area contributed by atoms with Gasteiger partial charge in [0.05, 0.1) is 6.61 Å². The van der Waals surface area contributed by atoms with Gasteiger partial charge in [-0.2, -0.15) is 0 Å². The average Bonchev–Trinajstić information content (AvgIpc) is 1.89. The van der Waals surface area contributed by atoms with E-state index in [-0.39, 0.29) is 12.4 Å². The highest BCUT2D eigenvalue weighted by atomic mass is 35.5. The predicted molar refractivity (Wildman–Crippen MR) is 44.6 cm³/mol. The summed E-state index contributed by atoms with van der Waals surface area (Å²) in [6, 6.07) is 0.443.